The SMILES string of the molecule is COC(=O)C1=C(N(C(C)C)C(C)C)c2ccccc2[C@H](O)[C@H]1C(=O)OC. The van der Waals surface area contributed by atoms with Crippen molar-refractivity contribution in [3.8, 4) is 0 Å². The largest absolute Gasteiger partial charge is 0.468 e. The van der Waals surface area contributed by atoms with Crippen LogP contribution in [0.1, 0.15) is 44.9 Å². The highest BCUT2D eigenvalue weighted by atomic mass is 16.5. The fourth-order valence-corrected chi connectivity index (χ4v) is 3.70. The molecule has 1 N–H and O–H groups in total. The standard InChI is InChI=1S/C20H27NO5/c1-11(2)21(12(3)4)17-13-9-7-8-10-14(13)18(22)16(20(24)26-6)15(17)19(23)25-5/h7-12,16,18,22H,1-6H3/t16-,18-/m0/s1. The number of ether oxygens (including phenoxy) is 2. The number of nitrogens with zero attached hydrogens (tertiary/aromatic N) is 1. The molecule has 6 heteroatoms. The van der Waals surface area contributed by atoms with E-state index in [1.807, 2.05) is 39.8 Å². The van der Waals surface area contributed by atoms with E-state index in [9.17, 15) is 14.7 Å². The minimum Gasteiger partial charge on any atom is -0.468 e. The molecule has 1 aliphatic rings. The Balaban J connectivity index is 2.90. The molecule has 0 fully saturated rings. The molecule has 0 aliphatic heterocycles. The molecule has 1 aromatic rings. The predicted molar refractivity (Wildman–Crippen MR) is 98.0 cm³/mol. The van der Waals surface area contributed by atoms with Crippen molar-refractivity contribution in [1.29, 1.82) is 0 Å². The van der Waals surface area contributed by atoms with E-state index in [4.69, 9.17) is 9.47 Å². The van der Waals surface area contributed by atoms with E-state index < -0.39 is 24.0 Å². The third-order valence-electron chi connectivity index (χ3n) is 4.65. The third kappa shape index (κ3) is 3.33. The number of carbonyl (C=O) groups excluding carboxylic acids is 2. The molecule has 142 valence electrons. The Hall–Kier alpha value is -2.34. The first-order chi connectivity index (χ1) is 12.3. The number of rotatable bonds is 5. The van der Waals surface area contributed by atoms with Crippen LogP contribution in [0.15, 0.2) is 29.8 Å². The van der Waals surface area contributed by atoms with Gasteiger partial charge in [0.25, 0.3) is 0 Å². The van der Waals surface area contributed by atoms with Gasteiger partial charge in [0.15, 0.2) is 0 Å². The van der Waals surface area contributed by atoms with E-state index in [0.29, 0.717) is 11.3 Å². The molecule has 2 rings (SSSR count). The molecule has 0 amide bonds. The molecule has 1 aromatic carbocycles. The molecule has 0 heterocycles. The van der Waals surface area contributed by atoms with E-state index in [2.05, 4.69) is 4.90 Å². The van der Waals surface area contributed by atoms with Gasteiger partial charge in [0.05, 0.1) is 31.6 Å². The maximum atomic E-state index is 12.7. The highest BCUT2D eigenvalue weighted by Gasteiger charge is 2.45. The molecule has 0 aromatic heterocycles. The van der Waals surface area contributed by atoms with Gasteiger partial charge in [0.1, 0.15) is 5.92 Å². The summed E-state index contributed by atoms with van der Waals surface area (Å²) in [4.78, 5) is 27.2. The fraction of sp³-hybridized carbons (Fsp3) is 0.500. The highest BCUT2D eigenvalue weighted by Crippen LogP contribution is 2.44. The van der Waals surface area contributed by atoms with Gasteiger partial charge in [-0.3, -0.25) is 4.79 Å². The average molecular weight is 361 g/mol. The minimum atomic E-state index is -1.18. The van der Waals surface area contributed by atoms with E-state index >= 15 is 0 Å². The summed E-state index contributed by atoms with van der Waals surface area (Å²) in [7, 11) is 2.51. The van der Waals surface area contributed by atoms with E-state index in [1.165, 1.54) is 14.2 Å². The molecule has 1 aliphatic carbocycles. The molecule has 0 radical (unpaired) electrons. The van der Waals surface area contributed by atoms with Crippen molar-refractivity contribution in [2.24, 2.45) is 5.92 Å². The molecule has 0 bridgehead atoms. The van der Waals surface area contributed by atoms with Gasteiger partial charge in [-0.05, 0) is 33.3 Å². The van der Waals surface area contributed by atoms with Crippen LogP contribution < -0.4 is 0 Å². The van der Waals surface area contributed by atoms with Crippen molar-refractivity contribution in [2.75, 3.05) is 14.2 Å². The lowest BCUT2D eigenvalue weighted by atomic mass is 9.78. The number of hydrogen-bond donors (Lipinski definition) is 1. The molecular formula is C20H27NO5. The quantitative estimate of drug-likeness (QED) is 0.812. The van der Waals surface area contributed by atoms with Crippen LogP contribution in [0.3, 0.4) is 0 Å². The molecule has 26 heavy (non-hydrogen) atoms. The maximum absolute atomic E-state index is 12.7. The van der Waals surface area contributed by atoms with Crippen LogP contribution in [0.4, 0.5) is 0 Å². The number of aliphatic hydroxyl groups is 1. The lowest BCUT2D eigenvalue weighted by Crippen LogP contribution is -2.42. The lowest BCUT2D eigenvalue weighted by molar-refractivity contribution is -0.151. The predicted octanol–water partition coefficient (Wildman–Crippen LogP) is 2.53. The summed E-state index contributed by atoms with van der Waals surface area (Å²) in [5.41, 5.74) is 2.06. The normalized spacial score (nSPS) is 19.4. The monoisotopic (exact) mass is 361 g/mol. The van der Waals surface area contributed by atoms with Crippen LogP contribution in [-0.4, -0.2) is 48.2 Å². The first kappa shape index (κ1) is 20.0. The molecule has 0 saturated carbocycles. The molecule has 6 nitrogen and oxygen atoms in total. The molecule has 0 saturated heterocycles. The summed E-state index contributed by atoms with van der Waals surface area (Å²) in [6.45, 7) is 8.07. The molecule has 0 spiro atoms. The van der Waals surface area contributed by atoms with Gasteiger partial charge >= 0.3 is 11.9 Å². The molecule has 2 atom stereocenters. The van der Waals surface area contributed by atoms with Gasteiger partial charge in [0.2, 0.25) is 0 Å². The Morgan fingerprint density at radius 2 is 1.62 bits per heavy atom. The van der Waals surface area contributed by atoms with Crippen molar-refractivity contribution >= 4 is 17.6 Å². The summed E-state index contributed by atoms with van der Waals surface area (Å²) in [6.07, 6.45) is -1.18. The number of esters is 2. The fourth-order valence-electron chi connectivity index (χ4n) is 3.70. The zero-order chi connectivity index (χ0) is 19.6. The second-order valence-corrected chi connectivity index (χ2v) is 6.88. The number of aliphatic hydroxyl groups excluding tert-OH is 1. The van der Waals surface area contributed by atoms with Crippen LogP contribution in [0, 0.1) is 5.92 Å². The molecule has 0 unspecified atom stereocenters. The summed E-state index contributed by atoms with van der Waals surface area (Å²) >= 11 is 0. The zero-order valence-corrected chi connectivity index (χ0v) is 16.1. The third-order valence-corrected chi connectivity index (χ3v) is 4.65. The van der Waals surface area contributed by atoms with Crippen LogP contribution in [0.2, 0.25) is 0 Å². The topological polar surface area (TPSA) is 76.1 Å². The van der Waals surface area contributed by atoms with Crippen LogP contribution >= 0.6 is 0 Å². The lowest BCUT2D eigenvalue weighted by Gasteiger charge is -2.41. The first-order valence-corrected chi connectivity index (χ1v) is 8.72. The number of fused-ring (bicyclic) bond motifs is 1. The van der Waals surface area contributed by atoms with Crippen molar-refractivity contribution in [1.82, 2.24) is 4.90 Å². The van der Waals surface area contributed by atoms with E-state index in [0.717, 1.165) is 5.56 Å². The number of carbonyl (C=O) groups is 2. The maximum Gasteiger partial charge on any atom is 0.336 e. The van der Waals surface area contributed by atoms with Crippen molar-refractivity contribution in [3.63, 3.8) is 0 Å². The Morgan fingerprint density at radius 1 is 1.04 bits per heavy atom. The second-order valence-electron chi connectivity index (χ2n) is 6.88. The van der Waals surface area contributed by atoms with Gasteiger partial charge in [-0.2, -0.15) is 0 Å². The average Bonchev–Trinajstić information content (AvgIpc) is 2.61. The molecular weight excluding hydrogens is 334 g/mol. The summed E-state index contributed by atoms with van der Waals surface area (Å²) in [5, 5.41) is 10.9. The smallest absolute Gasteiger partial charge is 0.336 e. The Kier molecular flexibility index (Phi) is 6.08. The van der Waals surface area contributed by atoms with E-state index in [1.54, 1.807) is 12.1 Å². The van der Waals surface area contributed by atoms with Gasteiger partial charge in [0, 0.05) is 17.6 Å². The van der Waals surface area contributed by atoms with Crippen LogP contribution in [0.5, 0.6) is 0 Å². The Morgan fingerprint density at radius 3 is 2.12 bits per heavy atom. The number of hydrogen-bond acceptors (Lipinski definition) is 6. The second kappa shape index (κ2) is 7.91. The summed E-state index contributed by atoms with van der Waals surface area (Å²) in [5.74, 6) is -2.45. The van der Waals surface area contributed by atoms with Crippen molar-refractivity contribution in [3.05, 3.63) is 41.0 Å². The van der Waals surface area contributed by atoms with Gasteiger partial charge in [-0.1, -0.05) is 24.3 Å². The summed E-state index contributed by atoms with van der Waals surface area (Å²) < 4.78 is 9.87. The Labute approximate surface area is 154 Å². The Bertz CT molecular complexity index is 715. The highest BCUT2D eigenvalue weighted by molar-refractivity contribution is 6.04. The van der Waals surface area contributed by atoms with Gasteiger partial charge in [-0.15, -0.1) is 0 Å². The number of benzene rings is 1. The summed E-state index contributed by atoms with van der Waals surface area (Å²) in [6, 6.07) is 7.38. The van der Waals surface area contributed by atoms with Crippen molar-refractivity contribution in [2.45, 2.75) is 45.9 Å². The van der Waals surface area contributed by atoms with E-state index in [-0.39, 0.29) is 17.7 Å². The van der Waals surface area contributed by atoms with Crippen LogP contribution in [-0.2, 0) is 19.1 Å². The first-order valence-electron chi connectivity index (χ1n) is 8.72. The van der Waals surface area contributed by atoms with Crippen molar-refractivity contribution < 1.29 is 24.2 Å². The number of methoxy groups -OCH3 is 2. The van der Waals surface area contributed by atoms with Crippen LogP contribution in [0.25, 0.3) is 5.70 Å². The van der Waals surface area contributed by atoms with Gasteiger partial charge in [-0.25, -0.2) is 4.79 Å². The zero-order valence-electron chi connectivity index (χ0n) is 16.1. The van der Waals surface area contributed by atoms with Gasteiger partial charge < -0.3 is 19.5 Å². The minimum absolute atomic E-state index is 0.0613.